The minimum absolute atomic E-state index is 0.283. The van der Waals surface area contributed by atoms with Crippen LogP contribution in [0.15, 0.2) is 18.2 Å². The fourth-order valence-electron chi connectivity index (χ4n) is 2.20. The first-order chi connectivity index (χ1) is 9.25. The second-order valence-electron chi connectivity index (χ2n) is 5.26. The van der Waals surface area contributed by atoms with Crippen molar-refractivity contribution in [3.63, 3.8) is 0 Å². The van der Waals surface area contributed by atoms with Crippen LogP contribution in [0.1, 0.15) is 38.3 Å². The van der Waals surface area contributed by atoms with Gasteiger partial charge in [0.05, 0.1) is 5.56 Å². The molecule has 20 heavy (non-hydrogen) atoms. The lowest BCUT2D eigenvalue weighted by Gasteiger charge is -2.21. The van der Waals surface area contributed by atoms with Gasteiger partial charge in [0.1, 0.15) is 5.82 Å². The largest absolute Gasteiger partial charge is 0.419 e. The molecule has 1 unspecified atom stereocenters. The van der Waals surface area contributed by atoms with Gasteiger partial charge in [-0.2, -0.15) is 13.2 Å². The zero-order chi connectivity index (χ0) is 15.3. The highest BCUT2D eigenvalue weighted by Crippen LogP contribution is 2.31. The molecule has 0 amide bonds. The molecule has 0 radical (unpaired) electrons. The first kappa shape index (κ1) is 17.0. The van der Waals surface area contributed by atoms with Crippen molar-refractivity contribution in [1.82, 2.24) is 5.32 Å². The molecule has 114 valence electrons. The summed E-state index contributed by atoms with van der Waals surface area (Å²) in [7, 11) is 0. The summed E-state index contributed by atoms with van der Waals surface area (Å²) in [5.41, 5.74) is -0.604. The molecule has 0 aliphatic rings. The summed E-state index contributed by atoms with van der Waals surface area (Å²) in [6.45, 7) is 7.01. The van der Waals surface area contributed by atoms with Crippen LogP contribution in [-0.2, 0) is 12.6 Å². The van der Waals surface area contributed by atoms with Crippen LogP contribution in [0, 0.1) is 11.7 Å². The van der Waals surface area contributed by atoms with Gasteiger partial charge in [-0.25, -0.2) is 4.39 Å². The molecule has 0 spiro atoms. The van der Waals surface area contributed by atoms with Gasteiger partial charge in [0, 0.05) is 6.04 Å². The maximum absolute atomic E-state index is 13.4. The van der Waals surface area contributed by atoms with Gasteiger partial charge in [-0.15, -0.1) is 0 Å². The molecule has 1 N–H and O–H groups in total. The van der Waals surface area contributed by atoms with E-state index in [-0.39, 0.29) is 6.04 Å². The maximum Gasteiger partial charge on any atom is 0.419 e. The van der Waals surface area contributed by atoms with Crippen LogP contribution in [0.25, 0.3) is 0 Å². The second kappa shape index (κ2) is 7.07. The Morgan fingerprint density at radius 1 is 1.20 bits per heavy atom. The molecule has 0 bridgehead atoms. The fourth-order valence-corrected chi connectivity index (χ4v) is 2.20. The van der Waals surface area contributed by atoms with Gasteiger partial charge >= 0.3 is 6.18 Å². The Balaban J connectivity index is 2.72. The van der Waals surface area contributed by atoms with Crippen LogP contribution in [0.4, 0.5) is 17.6 Å². The van der Waals surface area contributed by atoms with E-state index < -0.39 is 17.6 Å². The summed E-state index contributed by atoms with van der Waals surface area (Å²) in [6, 6.07) is 3.45. The molecular weight excluding hydrogens is 270 g/mol. The Hall–Kier alpha value is -1.10. The molecule has 0 aromatic heterocycles. The van der Waals surface area contributed by atoms with Crippen LogP contribution < -0.4 is 5.32 Å². The van der Waals surface area contributed by atoms with Gasteiger partial charge in [0.25, 0.3) is 0 Å². The van der Waals surface area contributed by atoms with E-state index in [9.17, 15) is 17.6 Å². The van der Waals surface area contributed by atoms with E-state index in [1.54, 1.807) is 0 Å². The summed E-state index contributed by atoms with van der Waals surface area (Å²) < 4.78 is 50.8. The van der Waals surface area contributed by atoms with Gasteiger partial charge < -0.3 is 5.32 Å². The lowest BCUT2D eigenvalue weighted by atomic mass is 9.96. The summed E-state index contributed by atoms with van der Waals surface area (Å²) >= 11 is 0. The molecular formula is C15H21F4N. The first-order valence-corrected chi connectivity index (χ1v) is 6.84. The van der Waals surface area contributed by atoms with E-state index in [2.05, 4.69) is 19.2 Å². The highest BCUT2D eigenvalue weighted by Gasteiger charge is 2.33. The predicted molar refractivity (Wildman–Crippen MR) is 72.0 cm³/mol. The van der Waals surface area contributed by atoms with E-state index in [4.69, 9.17) is 0 Å². The van der Waals surface area contributed by atoms with E-state index in [0.717, 1.165) is 25.1 Å². The molecule has 5 heteroatoms. The number of hydrogen-bond donors (Lipinski definition) is 1. The third kappa shape index (κ3) is 4.78. The lowest BCUT2D eigenvalue weighted by molar-refractivity contribution is -0.140. The number of rotatable bonds is 6. The number of hydrogen-bond acceptors (Lipinski definition) is 1. The third-order valence-corrected chi connectivity index (χ3v) is 3.35. The topological polar surface area (TPSA) is 12.0 Å². The van der Waals surface area contributed by atoms with Crippen molar-refractivity contribution in [2.24, 2.45) is 5.92 Å². The van der Waals surface area contributed by atoms with E-state index in [1.165, 1.54) is 6.07 Å². The summed E-state index contributed by atoms with van der Waals surface area (Å²) in [4.78, 5) is 0. The van der Waals surface area contributed by atoms with Crippen molar-refractivity contribution >= 4 is 0 Å². The van der Waals surface area contributed by atoms with Crippen molar-refractivity contribution in [2.75, 3.05) is 6.54 Å². The third-order valence-electron chi connectivity index (χ3n) is 3.35. The first-order valence-electron chi connectivity index (χ1n) is 6.84. The highest BCUT2D eigenvalue weighted by atomic mass is 19.4. The summed E-state index contributed by atoms with van der Waals surface area (Å²) in [5.74, 6) is -0.770. The number of nitrogens with one attached hydrogen (secondary N) is 1. The van der Waals surface area contributed by atoms with E-state index >= 15 is 0 Å². The molecule has 0 heterocycles. The van der Waals surface area contributed by atoms with Crippen LogP contribution >= 0.6 is 0 Å². The average molecular weight is 291 g/mol. The number of halogens is 4. The fraction of sp³-hybridized carbons (Fsp3) is 0.600. The number of benzene rings is 1. The quantitative estimate of drug-likeness (QED) is 0.765. The molecule has 0 fully saturated rings. The molecule has 0 aliphatic carbocycles. The van der Waals surface area contributed by atoms with Gasteiger partial charge in [-0.1, -0.05) is 26.8 Å². The molecule has 1 aromatic carbocycles. The van der Waals surface area contributed by atoms with Crippen molar-refractivity contribution < 1.29 is 17.6 Å². The smallest absolute Gasteiger partial charge is 0.314 e. The monoisotopic (exact) mass is 291 g/mol. The highest BCUT2D eigenvalue weighted by molar-refractivity contribution is 5.26. The summed E-state index contributed by atoms with van der Waals surface area (Å²) in [6.07, 6.45) is -3.30. The summed E-state index contributed by atoms with van der Waals surface area (Å²) in [5, 5.41) is 3.33. The SMILES string of the molecule is CCNC(CCc1ccc(C(F)(F)F)c(F)c1)C(C)C. The van der Waals surface area contributed by atoms with Crippen molar-refractivity contribution in [2.45, 2.75) is 45.8 Å². The second-order valence-corrected chi connectivity index (χ2v) is 5.26. The molecule has 1 aromatic rings. The van der Waals surface area contributed by atoms with Gasteiger partial charge in [0.15, 0.2) is 0 Å². The normalized spacial score (nSPS) is 13.8. The van der Waals surface area contributed by atoms with Crippen molar-refractivity contribution in [3.05, 3.63) is 35.1 Å². The molecule has 0 saturated carbocycles. The van der Waals surface area contributed by atoms with Crippen LogP contribution in [0.2, 0.25) is 0 Å². The zero-order valence-electron chi connectivity index (χ0n) is 12.0. The molecule has 0 aliphatic heterocycles. The average Bonchev–Trinajstić information content (AvgIpc) is 2.32. The molecule has 1 nitrogen and oxygen atoms in total. The Morgan fingerprint density at radius 2 is 1.85 bits per heavy atom. The molecule has 1 atom stereocenters. The molecule has 0 saturated heterocycles. The van der Waals surface area contributed by atoms with Gasteiger partial charge in [-0.3, -0.25) is 0 Å². The molecule has 1 rings (SSSR count). The Labute approximate surface area is 117 Å². The standard InChI is InChI=1S/C15H21F4N/c1-4-20-14(10(2)3)8-6-11-5-7-12(13(16)9-11)15(17,18)19/h5,7,9-10,14,20H,4,6,8H2,1-3H3. The van der Waals surface area contributed by atoms with Gasteiger partial charge in [-0.05, 0) is 43.0 Å². The van der Waals surface area contributed by atoms with E-state index in [0.29, 0.717) is 17.9 Å². The number of alkyl halides is 3. The van der Waals surface area contributed by atoms with Gasteiger partial charge in [0.2, 0.25) is 0 Å². The minimum Gasteiger partial charge on any atom is -0.314 e. The van der Waals surface area contributed by atoms with Crippen molar-refractivity contribution in [3.8, 4) is 0 Å². The van der Waals surface area contributed by atoms with Crippen LogP contribution in [-0.4, -0.2) is 12.6 Å². The number of aryl methyl sites for hydroxylation is 1. The Morgan fingerprint density at radius 3 is 2.30 bits per heavy atom. The van der Waals surface area contributed by atoms with E-state index in [1.807, 2.05) is 6.92 Å². The zero-order valence-corrected chi connectivity index (χ0v) is 12.0. The van der Waals surface area contributed by atoms with Crippen LogP contribution in [0.5, 0.6) is 0 Å². The Kier molecular flexibility index (Phi) is 5.99. The van der Waals surface area contributed by atoms with Crippen molar-refractivity contribution in [1.29, 1.82) is 0 Å². The minimum atomic E-state index is -4.63. The van der Waals surface area contributed by atoms with Crippen LogP contribution in [0.3, 0.4) is 0 Å². The Bertz CT molecular complexity index is 426. The predicted octanol–water partition coefficient (Wildman–Crippen LogP) is 4.41. The lowest BCUT2D eigenvalue weighted by Crippen LogP contribution is -2.34. The maximum atomic E-state index is 13.4.